The van der Waals surface area contributed by atoms with Crippen molar-refractivity contribution in [2.45, 2.75) is 49.3 Å². The fourth-order valence-electron chi connectivity index (χ4n) is 5.17. The van der Waals surface area contributed by atoms with Crippen LogP contribution in [-0.2, 0) is 9.53 Å². The van der Waals surface area contributed by atoms with E-state index < -0.39 is 0 Å². The van der Waals surface area contributed by atoms with E-state index in [1.807, 2.05) is 6.07 Å². The number of esters is 1. The molecular weight excluding hydrogens is 351 g/mol. The summed E-state index contributed by atoms with van der Waals surface area (Å²) in [6.45, 7) is 0. The van der Waals surface area contributed by atoms with E-state index in [-0.39, 0.29) is 36.1 Å². The predicted molar refractivity (Wildman–Crippen MR) is 92.9 cm³/mol. The van der Waals surface area contributed by atoms with Crippen LogP contribution in [0, 0.1) is 10.8 Å². The van der Waals surface area contributed by atoms with Crippen LogP contribution in [0.3, 0.4) is 0 Å². The van der Waals surface area contributed by atoms with Gasteiger partial charge in [0, 0.05) is 0 Å². The van der Waals surface area contributed by atoms with Gasteiger partial charge in [0.25, 0.3) is 0 Å². The van der Waals surface area contributed by atoms with E-state index in [9.17, 15) is 4.79 Å². The molecule has 4 rings (SSSR count). The van der Waals surface area contributed by atoms with E-state index in [1.165, 1.54) is 36.6 Å². The van der Waals surface area contributed by atoms with Gasteiger partial charge in [-0.1, -0.05) is 0 Å². The summed E-state index contributed by atoms with van der Waals surface area (Å²) in [4.78, 5) is 12.9. The number of rotatable bonds is 3. The Labute approximate surface area is 144 Å². The molecule has 2 fully saturated rings. The average Bonchev–Trinajstić information content (AvgIpc) is 2.58. The van der Waals surface area contributed by atoms with Gasteiger partial charge in [0.15, 0.2) is 0 Å². The summed E-state index contributed by atoms with van der Waals surface area (Å²) in [6.07, 6.45) is 13.4. The van der Waals surface area contributed by atoms with Crippen LogP contribution in [0.1, 0.15) is 44.9 Å². The van der Waals surface area contributed by atoms with Crippen LogP contribution in [0.5, 0.6) is 0 Å². The number of carbonyl (C=O) groups excluding carboxylic acids is 1. The number of hydrogen-bond donors (Lipinski definition) is 0. The molecular formula is C20H24O2Se. The van der Waals surface area contributed by atoms with Crippen molar-refractivity contribution in [3.8, 4) is 0 Å². The Bertz CT molecular complexity index is 640. The Hall–Kier alpha value is -1.05. The third-order valence-corrected chi connectivity index (χ3v) is 9.57. The second-order valence-electron chi connectivity index (χ2n) is 7.29. The van der Waals surface area contributed by atoms with Crippen molar-refractivity contribution in [1.82, 2.24) is 0 Å². The van der Waals surface area contributed by atoms with Gasteiger partial charge in [-0.2, -0.15) is 0 Å². The molecule has 0 amide bonds. The zero-order valence-electron chi connectivity index (χ0n) is 13.7. The SMILES string of the molecule is COC(=O)C1([Se]c2ccccc2)CC23C=CC21CCCCCC3. The van der Waals surface area contributed by atoms with Crippen molar-refractivity contribution in [2.75, 3.05) is 7.11 Å². The molecule has 122 valence electrons. The molecule has 2 saturated carbocycles. The normalized spacial score (nSPS) is 38.1. The summed E-state index contributed by atoms with van der Waals surface area (Å²) < 4.78 is 6.36. The van der Waals surface area contributed by atoms with Gasteiger partial charge < -0.3 is 0 Å². The van der Waals surface area contributed by atoms with Crippen molar-refractivity contribution >= 4 is 25.4 Å². The summed E-state index contributed by atoms with van der Waals surface area (Å²) in [5, 5.41) is 0. The Balaban J connectivity index is 1.73. The van der Waals surface area contributed by atoms with E-state index in [4.69, 9.17) is 4.74 Å². The molecule has 1 aromatic rings. The van der Waals surface area contributed by atoms with E-state index in [0.717, 1.165) is 12.8 Å². The van der Waals surface area contributed by atoms with Crippen LogP contribution < -0.4 is 4.46 Å². The Kier molecular flexibility index (Phi) is 3.70. The molecule has 2 nitrogen and oxygen atoms in total. The van der Waals surface area contributed by atoms with Crippen LogP contribution in [0.2, 0.25) is 4.31 Å². The average molecular weight is 375 g/mol. The maximum atomic E-state index is 12.9. The number of ether oxygens (including phenoxy) is 1. The molecule has 0 aliphatic heterocycles. The van der Waals surface area contributed by atoms with Crippen molar-refractivity contribution < 1.29 is 9.53 Å². The summed E-state index contributed by atoms with van der Waals surface area (Å²) in [5.74, 6) is 0.0295. The second-order valence-corrected chi connectivity index (χ2v) is 10.2. The standard InChI is InChI=1S/C20H24O2Se/c1-22-17(21)20(23-16-9-5-4-6-10-16)15-18-11-7-2-3-8-12-19(18,20)14-13-18/h4-6,9-10,13-14H,2-3,7-8,11-12,15H2,1H3. The molecule has 3 heteroatoms. The van der Waals surface area contributed by atoms with Gasteiger partial charge in [0.05, 0.1) is 0 Å². The van der Waals surface area contributed by atoms with Crippen molar-refractivity contribution in [1.29, 1.82) is 0 Å². The van der Waals surface area contributed by atoms with E-state index >= 15 is 0 Å². The minimum atomic E-state index is -0.289. The van der Waals surface area contributed by atoms with Gasteiger partial charge in [0.1, 0.15) is 0 Å². The van der Waals surface area contributed by atoms with E-state index in [0.29, 0.717) is 0 Å². The molecule has 3 atom stereocenters. The molecule has 0 aromatic heterocycles. The first kappa shape index (κ1) is 15.5. The molecule has 0 heterocycles. The topological polar surface area (TPSA) is 26.3 Å². The quantitative estimate of drug-likeness (QED) is 0.458. The number of hydrogen-bond acceptors (Lipinski definition) is 2. The van der Waals surface area contributed by atoms with Gasteiger partial charge in [-0.15, -0.1) is 0 Å². The number of methoxy groups -OCH3 is 1. The molecule has 23 heavy (non-hydrogen) atoms. The van der Waals surface area contributed by atoms with Gasteiger partial charge in [-0.3, -0.25) is 0 Å². The first-order valence-electron chi connectivity index (χ1n) is 8.71. The van der Waals surface area contributed by atoms with Gasteiger partial charge >= 0.3 is 145 Å². The summed E-state index contributed by atoms with van der Waals surface area (Å²) in [6, 6.07) is 10.6. The third kappa shape index (κ3) is 1.96. The monoisotopic (exact) mass is 376 g/mol. The Morgan fingerprint density at radius 2 is 1.78 bits per heavy atom. The zero-order chi connectivity index (χ0) is 16.0. The Morgan fingerprint density at radius 1 is 1.04 bits per heavy atom. The second kappa shape index (κ2) is 5.50. The van der Waals surface area contributed by atoms with Crippen molar-refractivity contribution in [2.24, 2.45) is 10.8 Å². The first-order valence-corrected chi connectivity index (χ1v) is 10.4. The van der Waals surface area contributed by atoms with E-state index in [2.05, 4.69) is 36.4 Å². The Morgan fingerprint density at radius 3 is 2.43 bits per heavy atom. The van der Waals surface area contributed by atoms with Crippen LogP contribution in [0.4, 0.5) is 0 Å². The van der Waals surface area contributed by atoms with Gasteiger partial charge in [-0.25, -0.2) is 0 Å². The zero-order valence-corrected chi connectivity index (χ0v) is 15.4. The van der Waals surface area contributed by atoms with Crippen LogP contribution in [0.15, 0.2) is 42.5 Å². The maximum absolute atomic E-state index is 12.9. The van der Waals surface area contributed by atoms with Crippen molar-refractivity contribution in [3.05, 3.63) is 42.5 Å². The summed E-state index contributed by atoms with van der Waals surface area (Å²) in [7, 11) is 1.56. The van der Waals surface area contributed by atoms with Gasteiger partial charge in [-0.05, 0) is 0 Å². The number of carbonyl (C=O) groups is 1. The van der Waals surface area contributed by atoms with Crippen LogP contribution in [0.25, 0.3) is 0 Å². The first-order chi connectivity index (χ1) is 11.2. The summed E-state index contributed by atoms with van der Waals surface area (Å²) >= 11 is 0.120. The van der Waals surface area contributed by atoms with E-state index in [1.54, 1.807) is 7.11 Å². The fourth-order valence-corrected chi connectivity index (χ4v) is 8.84. The molecule has 3 unspecified atom stereocenters. The molecule has 0 saturated heterocycles. The fraction of sp³-hybridized carbons (Fsp3) is 0.550. The molecule has 0 N–H and O–H groups in total. The van der Waals surface area contributed by atoms with Crippen molar-refractivity contribution in [3.63, 3.8) is 0 Å². The molecule has 3 aliphatic carbocycles. The number of allylic oxidation sites excluding steroid dienone is 2. The molecule has 0 radical (unpaired) electrons. The van der Waals surface area contributed by atoms with Crippen LogP contribution in [-0.4, -0.2) is 28.0 Å². The molecule has 0 bridgehead atoms. The molecule has 0 spiro atoms. The van der Waals surface area contributed by atoms with Crippen LogP contribution >= 0.6 is 0 Å². The third-order valence-electron chi connectivity index (χ3n) is 6.35. The molecule has 1 aromatic carbocycles. The predicted octanol–water partition coefficient (Wildman–Crippen LogP) is 3.65. The summed E-state index contributed by atoms with van der Waals surface area (Å²) in [5.41, 5.74) is 0.363. The minimum absolute atomic E-state index is 0.0295. The van der Waals surface area contributed by atoms with Gasteiger partial charge in [0.2, 0.25) is 0 Å². The molecule has 3 aliphatic rings. The number of benzene rings is 1.